The zero-order valence-corrected chi connectivity index (χ0v) is 18.5. The number of aryl methyl sites for hydroxylation is 2. The molecule has 1 saturated heterocycles. The number of benzene rings is 1. The first-order valence-corrected chi connectivity index (χ1v) is 10.5. The number of hydrogen-bond donors (Lipinski definition) is 0. The van der Waals surface area contributed by atoms with Crippen LogP contribution in [0.4, 0.5) is 4.39 Å². The lowest BCUT2D eigenvalue weighted by Crippen LogP contribution is -2.42. The predicted molar refractivity (Wildman–Crippen MR) is 112 cm³/mol. The first-order chi connectivity index (χ1) is 14.7. The number of carbonyl (C=O) groups is 2. The molecule has 0 saturated carbocycles. The molecule has 0 N–H and O–H groups in total. The van der Waals surface area contributed by atoms with Gasteiger partial charge in [-0.25, -0.2) is 14.1 Å². The summed E-state index contributed by atoms with van der Waals surface area (Å²) >= 11 is 0. The Morgan fingerprint density at radius 2 is 2.00 bits per heavy atom. The zero-order valence-electron chi connectivity index (χ0n) is 18.5. The topological polar surface area (TPSA) is 80.6 Å². The minimum atomic E-state index is -0.424. The van der Waals surface area contributed by atoms with Gasteiger partial charge in [0.25, 0.3) is 0 Å². The molecule has 0 aliphatic carbocycles. The molecule has 2 amide bonds. The van der Waals surface area contributed by atoms with Crippen LogP contribution in [-0.2, 0) is 27.5 Å². The average molecular weight is 432 g/mol. The third-order valence-electron chi connectivity index (χ3n) is 5.15. The smallest absolute Gasteiger partial charge is 0.244 e. The number of hydrogen-bond acceptors (Lipinski definition) is 5. The van der Waals surface area contributed by atoms with Gasteiger partial charge in [0.1, 0.15) is 24.0 Å². The number of amides is 2. The number of halogens is 1. The van der Waals surface area contributed by atoms with Crippen LogP contribution in [0.15, 0.2) is 24.3 Å². The molecule has 1 fully saturated rings. The number of aromatic nitrogens is 3. The van der Waals surface area contributed by atoms with Gasteiger partial charge in [-0.05, 0) is 25.8 Å². The van der Waals surface area contributed by atoms with E-state index in [-0.39, 0.29) is 49.8 Å². The molecule has 2 aromatic rings. The van der Waals surface area contributed by atoms with Gasteiger partial charge in [0, 0.05) is 25.2 Å². The highest BCUT2D eigenvalue weighted by atomic mass is 19.1. The van der Waals surface area contributed by atoms with Crippen molar-refractivity contribution < 1.29 is 18.7 Å². The molecule has 1 atom stereocenters. The Balaban J connectivity index is 1.74. The molecule has 0 bridgehead atoms. The molecule has 3 rings (SSSR count). The van der Waals surface area contributed by atoms with Crippen LogP contribution in [0, 0.1) is 25.6 Å². The quantitative estimate of drug-likeness (QED) is 0.669. The highest BCUT2D eigenvalue weighted by Crippen LogP contribution is 2.15. The highest BCUT2D eigenvalue weighted by Gasteiger charge is 2.31. The van der Waals surface area contributed by atoms with E-state index in [1.807, 2.05) is 13.8 Å². The number of nitrogens with zero attached hydrogens (tertiary/aromatic N) is 5. The average Bonchev–Trinajstić information content (AvgIpc) is 2.92. The van der Waals surface area contributed by atoms with E-state index < -0.39 is 6.10 Å². The van der Waals surface area contributed by atoms with Crippen molar-refractivity contribution >= 4 is 11.8 Å². The standard InChI is InChI=1S/C22H30FN5O3/c1-15(2)9-26-10-19(31-14-18-7-5-6-8-20(18)23)11-27(12-21(26)29)22(30)13-28-17(4)24-16(3)25-28/h5-8,15,19H,9-14H2,1-4H3/t19-/m0/s1. The molecule has 0 spiro atoms. The van der Waals surface area contributed by atoms with Gasteiger partial charge < -0.3 is 14.5 Å². The summed E-state index contributed by atoms with van der Waals surface area (Å²) in [4.78, 5) is 33.3. The predicted octanol–water partition coefficient (Wildman–Crippen LogP) is 1.95. The Morgan fingerprint density at radius 1 is 1.26 bits per heavy atom. The van der Waals surface area contributed by atoms with Crippen LogP contribution < -0.4 is 0 Å². The monoisotopic (exact) mass is 431 g/mol. The second kappa shape index (κ2) is 10.00. The maximum absolute atomic E-state index is 14.0. The zero-order chi connectivity index (χ0) is 22.5. The van der Waals surface area contributed by atoms with Gasteiger partial charge in [-0.3, -0.25) is 9.59 Å². The van der Waals surface area contributed by atoms with Crippen molar-refractivity contribution in [3.8, 4) is 0 Å². The van der Waals surface area contributed by atoms with Gasteiger partial charge in [-0.1, -0.05) is 32.0 Å². The molecule has 8 nitrogen and oxygen atoms in total. The second-order valence-electron chi connectivity index (χ2n) is 8.36. The first-order valence-electron chi connectivity index (χ1n) is 10.5. The molecule has 0 unspecified atom stereocenters. The Bertz CT molecular complexity index is 930. The summed E-state index contributed by atoms with van der Waals surface area (Å²) in [5.41, 5.74) is 0.445. The molecule has 0 radical (unpaired) electrons. The fourth-order valence-corrected chi connectivity index (χ4v) is 3.65. The third-order valence-corrected chi connectivity index (χ3v) is 5.15. The lowest BCUT2D eigenvalue weighted by molar-refractivity contribution is -0.139. The minimum absolute atomic E-state index is 0.00413. The fraction of sp³-hybridized carbons (Fsp3) is 0.545. The molecule has 9 heteroatoms. The summed E-state index contributed by atoms with van der Waals surface area (Å²) in [6.45, 7) is 8.86. The van der Waals surface area contributed by atoms with E-state index in [2.05, 4.69) is 10.1 Å². The fourth-order valence-electron chi connectivity index (χ4n) is 3.65. The number of ether oxygens (including phenoxy) is 1. The molecular formula is C22H30FN5O3. The van der Waals surface area contributed by atoms with Crippen molar-refractivity contribution in [1.82, 2.24) is 24.6 Å². The van der Waals surface area contributed by atoms with E-state index in [0.717, 1.165) is 0 Å². The summed E-state index contributed by atoms with van der Waals surface area (Å²) in [6, 6.07) is 6.43. The van der Waals surface area contributed by atoms with Gasteiger partial charge in [0.15, 0.2) is 0 Å². The normalized spacial score (nSPS) is 17.4. The van der Waals surface area contributed by atoms with Crippen LogP contribution in [0.25, 0.3) is 0 Å². The van der Waals surface area contributed by atoms with Crippen molar-refractivity contribution in [3.63, 3.8) is 0 Å². The maximum Gasteiger partial charge on any atom is 0.244 e. The van der Waals surface area contributed by atoms with Crippen LogP contribution in [0.1, 0.15) is 31.1 Å². The van der Waals surface area contributed by atoms with Crippen molar-refractivity contribution in [2.75, 3.05) is 26.2 Å². The van der Waals surface area contributed by atoms with E-state index in [0.29, 0.717) is 30.3 Å². The lowest BCUT2D eigenvalue weighted by Gasteiger charge is -2.26. The molecule has 1 aliphatic heterocycles. The second-order valence-corrected chi connectivity index (χ2v) is 8.36. The van der Waals surface area contributed by atoms with Crippen molar-refractivity contribution in [2.45, 2.75) is 47.0 Å². The van der Waals surface area contributed by atoms with E-state index in [1.54, 1.807) is 36.9 Å². The largest absolute Gasteiger partial charge is 0.370 e. The van der Waals surface area contributed by atoms with Gasteiger partial charge >= 0.3 is 0 Å². The summed E-state index contributed by atoms with van der Waals surface area (Å²) in [7, 11) is 0. The molecule has 168 valence electrons. The van der Waals surface area contributed by atoms with Gasteiger partial charge in [-0.15, -0.1) is 0 Å². The Morgan fingerprint density at radius 3 is 2.65 bits per heavy atom. The molecular weight excluding hydrogens is 401 g/mol. The van der Waals surface area contributed by atoms with E-state index >= 15 is 0 Å². The van der Waals surface area contributed by atoms with Crippen molar-refractivity contribution in [2.24, 2.45) is 5.92 Å². The van der Waals surface area contributed by atoms with Crippen LogP contribution in [-0.4, -0.2) is 68.7 Å². The molecule has 1 aromatic carbocycles. The summed E-state index contributed by atoms with van der Waals surface area (Å²) in [5, 5.41) is 4.24. The summed E-state index contributed by atoms with van der Waals surface area (Å²) in [5.74, 6) is 0.820. The summed E-state index contributed by atoms with van der Waals surface area (Å²) in [6.07, 6.45) is -0.424. The van der Waals surface area contributed by atoms with E-state index in [4.69, 9.17) is 4.74 Å². The Hall–Kier alpha value is -2.81. The van der Waals surface area contributed by atoms with Crippen LogP contribution >= 0.6 is 0 Å². The van der Waals surface area contributed by atoms with Gasteiger partial charge in [-0.2, -0.15) is 5.10 Å². The van der Waals surface area contributed by atoms with Crippen molar-refractivity contribution in [3.05, 3.63) is 47.3 Å². The number of rotatable bonds is 7. The molecule has 2 heterocycles. The van der Waals surface area contributed by atoms with Crippen LogP contribution in [0.2, 0.25) is 0 Å². The lowest BCUT2D eigenvalue weighted by atomic mass is 10.2. The maximum atomic E-state index is 14.0. The molecule has 1 aliphatic rings. The van der Waals surface area contributed by atoms with E-state index in [1.165, 1.54) is 15.6 Å². The first kappa shape index (κ1) is 22.9. The third kappa shape index (κ3) is 6.10. The molecule has 1 aromatic heterocycles. The minimum Gasteiger partial charge on any atom is -0.370 e. The Labute approximate surface area is 182 Å². The van der Waals surface area contributed by atoms with Crippen LogP contribution in [0.3, 0.4) is 0 Å². The van der Waals surface area contributed by atoms with E-state index in [9.17, 15) is 14.0 Å². The van der Waals surface area contributed by atoms with Gasteiger partial charge in [0.05, 0.1) is 19.3 Å². The SMILES string of the molecule is Cc1nc(C)n(CC(=O)N2CC(=O)N(CC(C)C)C[C@H](OCc3ccccc3F)C2)n1. The van der Waals surface area contributed by atoms with Gasteiger partial charge in [0.2, 0.25) is 11.8 Å². The molecule has 31 heavy (non-hydrogen) atoms. The van der Waals surface area contributed by atoms with Crippen LogP contribution in [0.5, 0.6) is 0 Å². The Kier molecular flexibility index (Phi) is 7.37. The van der Waals surface area contributed by atoms with Crippen molar-refractivity contribution in [1.29, 1.82) is 0 Å². The number of carbonyl (C=O) groups excluding carboxylic acids is 2. The summed E-state index contributed by atoms with van der Waals surface area (Å²) < 4.78 is 21.5. The highest BCUT2D eigenvalue weighted by molar-refractivity contribution is 5.85.